The largest absolute Gasteiger partial charge is 0.340 e. The lowest BCUT2D eigenvalue weighted by Crippen LogP contribution is -2.53. The molecule has 0 bridgehead atoms. The lowest BCUT2D eigenvalue weighted by molar-refractivity contribution is -0.136. The summed E-state index contributed by atoms with van der Waals surface area (Å²) in [7, 11) is 1.82. The Kier molecular flexibility index (Phi) is 5.88. The molecule has 1 aromatic carbocycles. The second kappa shape index (κ2) is 6.96. The van der Waals surface area contributed by atoms with E-state index in [9.17, 15) is 4.79 Å². The summed E-state index contributed by atoms with van der Waals surface area (Å²) < 4.78 is 0. The second-order valence-corrected chi connectivity index (χ2v) is 5.75. The molecule has 1 aromatic rings. The van der Waals surface area contributed by atoms with Crippen molar-refractivity contribution in [1.82, 2.24) is 4.90 Å². The fourth-order valence-electron chi connectivity index (χ4n) is 2.01. The molecule has 0 radical (unpaired) electrons. The summed E-state index contributed by atoms with van der Waals surface area (Å²) in [4.78, 5) is 15.3. The minimum atomic E-state index is -0.728. The van der Waals surface area contributed by atoms with Crippen LogP contribution in [0.25, 0.3) is 0 Å². The summed E-state index contributed by atoms with van der Waals surface area (Å²) in [5, 5.41) is 0. The standard InChI is InChI=1S/C15H24N2OS/c1-5-15(16,6-2)14(18)17(3)11-12-7-9-13(19-4)10-8-12/h7-10H,5-6,11,16H2,1-4H3. The third-order valence-corrected chi connectivity index (χ3v) is 4.36. The van der Waals surface area contributed by atoms with Crippen LogP contribution in [-0.4, -0.2) is 29.6 Å². The Balaban J connectivity index is 2.73. The van der Waals surface area contributed by atoms with Gasteiger partial charge in [0.2, 0.25) is 5.91 Å². The van der Waals surface area contributed by atoms with Gasteiger partial charge in [0.1, 0.15) is 0 Å². The fraction of sp³-hybridized carbons (Fsp3) is 0.533. The molecule has 0 saturated carbocycles. The third kappa shape index (κ3) is 3.98. The van der Waals surface area contributed by atoms with Crippen molar-refractivity contribution in [2.24, 2.45) is 5.73 Å². The molecule has 0 saturated heterocycles. The quantitative estimate of drug-likeness (QED) is 0.815. The Morgan fingerprint density at radius 1 is 1.26 bits per heavy atom. The zero-order chi connectivity index (χ0) is 14.5. The van der Waals surface area contributed by atoms with Crippen LogP contribution in [0, 0.1) is 0 Å². The molecule has 0 fully saturated rings. The number of amides is 1. The summed E-state index contributed by atoms with van der Waals surface area (Å²) in [5.74, 6) is 0.0199. The number of carbonyl (C=O) groups is 1. The summed E-state index contributed by atoms with van der Waals surface area (Å²) in [6, 6.07) is 8.28. The van der Waals surface area contributed by atoms with Gasteiger partial charge in [-0.2, -0.15) is 0 Å². The average Bonchev–Trinajstić information content (AvgIpc) is 2.46. The molecule has 0 atom stereocenters. The number of nitrogens with zero attached hydrogens (tertiary/aromatic N) is 1. The highest BCUT2D eigenvalue weighted by molar-refractivity contribution is 7.98. The van der Waals surface area contributed by atoms with Crippen LogP contribution in [0.4, 0.5) is 0 Å². The Bertz CT molecular complexity index is 413. The van der Waals surface area contributed by atoms with Crippen molar-refractivity contribution in [3.8, 4) is 0 Å². The maximum atomic E-state index is 12.4. The Morgan fingerprint density at radius 3 is 2.21 bits per heavy atom. The van der Waals surface area contributed by atoms with Crippen LogP contribution in [0.5, 0.6) is 0 Å². The highest BCUT2D eigenvalue weighted by Crippen LogP contribution is 2.18. The fourth-order valence-corrected chi connectivity index (χ4v) is 2.42. The van der Waals surface area contributed by atoms with E-state index in [1.165, 1.54) is 4.90 Å². The lowest BCUT2D eigenvalue weighted by atomic mass is 9.92. The first kappa shape index (κ1) is 16.1. The van der Waals surface area contributed by atoms with E-state index < -0.39 is 5.54 Å². The van der Waals surface area contributed by atoms with Crippen LogP contribution in [0.15, 0.2) is 29.2 Å². The van der Waals surface area contributed by atoms with Gasteiger partial charge in [-0.25, -0.2) is 0 Å². The van der Waals surface area contributed by atoms with Crippen LogP contribution in [-0.2, 0) is 11.3 Å². The van der Waals surface area contributed by atoms with Gasteiger partial charge in [0.25, 0.3) is 0 Å². The molecule has 19 heavy (non-hydrogen) atoms. The molecule has 0 heterocycles. The smallest absolute Gasteiger partial charge is 0.242 e. The van der Waals surface area contributed by atoms with Gasteiger partial charge in [0.15, 0.2) is 0 Å². The van der Waals surface area contributed by atoms with Gasteiger partial charge in [0, 0.05) is 18.5 Å². The zero-order valence-corrected chi connectivity index (χ0v) is 13.1. The summed E-state index contributed by atoms with van der Waals surface area (Å²) in [5.41, 5.74) is 6.55. The highest BCUT2D eigenvalue weighted by Gasteiger charge is 2.32. The third-order valence-electron chi connectivity index (χ3n) is 3.61. The molecule has 2 N–H and O–H groups in total. The number of hydrogen-bond donors (Lipinski definition) is 1. The molecule has 0 unspecified atom stereocenters. The predicted octanol–water partition coefficient (Wildman–Crippen LogP) is 2.88. The summed E-state index contributed by atoms with van der Waals surface area (Å²) in [6.07, 6.45) is 3.38. The maximum Gasteiger partial charge on any atom is 0.242 e. The number of likely N-dealkylation sites (N-methyl/N-ethyl adjacent to an activating group) is 1. The molecule has 1 amide bonds. The number of carbonyl (C=O) groups excluding carboxylic acids is 1. The van der Waals surface area contributed by atoms with Crippen LogP contribution in [0.1, 0.15) is 32.3 Å². The van der Waals surface area contributed by atoms with Gasteiger partial charge in [-0.15, -0.1) is 11.8 Å². The minimum Gasteiger partial charge on any atom is -0.340 e. The molecule has 0 aliphatic rings. The van der Waals surface area contributed by atoms with Gasteiger partial charge >= 0.3 is 0 Å². The molecule has 0 aromatic heterocycles. The Hall–Kier alpha value is -1.00. The Labute approximate surface area is 120 Å². The van der Waals surface area contributed by atoms with Crippen molar-refractivity contribution in [2.45, 2.75) is 43.7 Å². The minimum absolute atomic E-state index is 0.0199. The number of benzene rings is 1. The van der Waals surface area contributed by atoms with E-state index >= 15 is 0 Å². The molecule has 0 aliphatic carbocycles. The molecule has 0 spiro atoms. The van der Waals surface area contributed by atoms with E-state index in [2.05, 4.69) is 30.5 Å². The molecular weight excluding hydrogens is 256 g/mol. The highest BCUT2D eigenvalue weighted by atomic mass is 32.2. The first-order valence-corrected chi connectivity index (χ1v) is 7.86. The van der Waals surface area contributed by atoms with E-state index in [1.807, 2.05) is 20.9 Å². The van der Waals surface area contributed by atoms with Crippen molar-refractivity contribution < 1.29 is 4.79 Å². The Morgan fingerprint density at radius 2 is 1.79 bits per heavy atom. The van der Waals surface area contributed by atoms with Crippen LogP contribution in [0.2, 0.25) is 0 Å². The average molecular weight is 280 g/mol. The van der Waals surface area contributed by atoms with E-state index in [-0.39, 0.29) is 5.91 Å². The first-order chi connectivity index (χ1) is 8.96. The zero-order valence-electron chi connectivity index (χ0n) is 12.3. The molecule has 0 aliphatic heterocycles. The number of hydrogen-bond acceptors (Lipinski definition) is 3. The van der Waals surface area contributed by atoms with Gasteiger partial charge in [-0.3, -0.25) is 4.79 Å². The van der Waals surface area contributed by atoms with Crippen LogP contribution in [0.3, 0.4) is 0 Å². The number of nitrogens with two attached hydrogens (primary N) is 1. The molecule has 106 valence electrons. The van der Waals surface area contributed by atoms with Crippen molar-refractivity contribution in [1.29, 1.82) is 0 Å². The van der Waals surface area contributed by atoms with E-state index in [1.54, 1.807) is 16.7 Å². The molecule has 1 rings (SSSR count). The van der Waals surface area contributed by atoms with E-state index in [0.717, 1.165) is 5.56 Å². The van der Waals surface area contributed by atoms with Gasteiger partial charge in [-0.05, 0) is 36.8 Å². The van der Waals surface area contributed by atoms with Crippen LogP contribution < -0.4 is 5.73 Å². The van der Waals surface area contributed by atoms with Crippen molar-refractivity contribution in [3.05, 3.63) is 29.8 Å². The van der Waals surface area contributed by atoms with Crippen molar-refractivity contribution in [2.75, 3.05) is 13.3 Å². The SMILES string of the molecule is CCC(N)(CC)C(=O)N(C)Cc1ccc(SC)cc1. The summed E-state index contributed by atoms with van der Waals surface area (Å²) >= 11 is 1.71. The normalized spacial score (nSPS) is 11.4. The number of thioether (sulfide) groups is 1. The lowest BCUT2D eigenvalue weighted by Gasteiger charge is -2.30. The van der Waals surface area contributed by atoms with Gasteiger partial charge in [-0.1, -0.05) is 26.0 Å². The molecule has 3 nitrogen and oxygen atoms in total. The van der Waals surface area contributed by atoms with Crippen LogP contribution >= 0.6 is 11.8 Å². The second-order valence-electron chi connectivity index (χ2n) is 4.87. The van der Waals surface area contributed by atoms with Gasteiger partial charge in [0.05, 0.1) is 5.54 Å². The molecule has 4 heteroatoms. The molecular formula is C15H24N2OS. The predicted molar refractivity (Wildman–Crippen MR) is 82.2 cm³/mol. The van der Waals surface area contributed by atoms with Crippen molar-refractivity contribution >= 4 is 17.7 Å². The van der Waals surface area contributed by atoms with Crippen molar-refractivity contribution in [3.63, 3.8) is 0 Å². The maximum absolute atomic E-state index is 12.4. The topological polar surface area (TPSA) is 46.3 Å². The number of rotatable bonds is 6. The van der Waals surface area contributed by atoms with Gasteiger partial charge < -0.3 is 10.6 Å². The first-order valence-electron chi connectivity index (χ1n) is 6.64. The summed E-state index contributed by atoms with van der Waals surface area (Å²) in [6.45, 7) is 4.53. The van der Waals surface area contributed by atoms with E-state index in [0.29, 0.717) is 19.4 Å². The van der Waals surface area contributed by atoms with E-state index in [4.69, 9.17) is 5.73 Å². The monoisotopic (exact) mass is 280 g/mol.